The summed E-state index contributed by atoms with van der Waals surface area (Å²) < 4.78 is 48.7. The van der Waals surface area contributed by atoms with Crippen LogP contribution in [0.15, 0.2) is 48.5 Å². The minimum atomic E-state index is -4.41. The van der Waals surface area contributed by atoms with E-state index in [1.165, 1.54) is 12.1 Å². The second kappa shape index (κ2) is 11.1. The summed E-state index contributed by atoms with van der Waals surface area (Å²) in [6.45, 7) is 1.14. The van der Waals surface area contributed by atoms with E-state index < -0.39 is 11.7 Å². The number of alkyl halides is 3. The van der Waals surface area contributed by atoms with E-state index >= 15 is 0 Å². The van der Waals surface area contributed by atoms with Crippen molar-refractivity contribution in [1.29, 1.82) is 0 Å². The third-order valence-corrected chi connectivity index (χ3v) is 4.01. The largest absolute Gasteiger partial charge is 0.497 e. The van der Waals surface area contributed by atoms with Gasteiger partial charge in [0.25, 0.3) is 0 Å². The van der Waals surface area contributed by atoms with Gasteiger partial charge in [-0.2, -0.15) is 13.2 Å². The molecule has 0 radical (unpaired) electrons. The van der Waals surface area contributed by atoms with Crippen molar-refractivity contribution < 1.29 is 27.4 Å². The van der Waals surface area contributed by atoms with Gasteiger partial charge in [0.05, 0.1) is 25.8 Å². The second-order valence-corrected chi connectivity index (χ2v) is 6.42. The molecule has 8 heteroatoms. The molecule has 0 heterocycles. The Labute approximate surface area is 173 Å². The maximum Gasteiger partial charge on any atom is 0.416 e. The first-order valence-electron chi connectivity index (χ1n) is 9.16. The maximum atomic E-state index is 12.7. The van der Waals surface area contributed by atoms with Gasteiger partial charge in [0, 0.05) is 12.1 Å². The van der Waals surface area contributed by atoms with E-state index in [0.29, 0.717) is 18.9 Å². The van der Waals surface area contributed by atoms with Crippen LogP contribution in [0, 0.1) is 11.8 Å². The molecular weight excluding hydrogens is 397 g/mol. The minimum Gasteiger partial charge on any atom is -0.497 e. The van der Waals surface area contributed by atoms with Gasteiger partial charge in [-0.25, -0.2) is 0 Å². The molecule has 2 aromatic rings. The van der Waals surface area contributed by atoms with Crippen LogP contribution in [0.4, 0.5) is 13.2 Å². The van der Waals surface area contributed by atoms with Crippen LogP contribution in [0.25, 0.3) is 0 Å². The van der Waals surface area contributed by atoms with Crippen molar-refractivity contribution in [3.63, 3.8) is 0 Å². The van der Waals surface area contributed by atoms with Crippen LogP contribution >= 0.6 is 0 Å². The summed E-state index contributed by atoms with van der Waals surface area (Å²) in [5.41, 5.74) is -0.510. The molecule has 2 rings (SSSR count). The smallest absolute Gasteiger partial charge is 0.416 e. The summed E-state index contributed by atoms with van der Waals surface area (Å²) in [5, 5.41) is 2.62. The summed E-state index contributed by atoms with van der Waals surface area (Å²) >= 11 is 0. The summed E-state index contributed by atoms with van der Waals surface area (Å²) in [6.07, 6.45) is -4.41. The van der Waals surface area contributed by atoms with Crippen molar-refractivity contribution in [2.24, 2.45) is 0 Å². The number of carbonyl (C=O) groups excluding carboxylic acids is 1. The van der Waals surface area contributed by atoms with Crippen LogP contribution < -0.4 is 14.8 Å². The van der Waals surface area contributed by atoms with Crippen LogP contribution in [0.1, 0.15) is 11.1 Å². The zero-order chi connectivity index (χ0) is 22.0. The average molecular weight is 420 g/mol. The lowest BCUT2D eigenvalue weighted by molar-refractivity contribution is -0.137. The summed E-state index contributed by atoms with van der Waals surface area (Å²) in [4.78, 5) is 13.7. The number of carbonyl (C=O) groups is 1. The predicted octanol–water partition coefficient (Wildman–Crippen LogP) is 3.19. The van der Waals surface area contributed by atoms with Gasteiger partial charge >= 0.3 is 6.18 Å². The quantitative estimate of drug-likeness (QED) is 0.667. The molecule has 1 N–H and O–H groups in total. The highest BCUT2D eigenvalue weighted by Gasteiger charge is 2.30. The number of hydrogen-bond donors (Lipinski definition) is 1. The molecule has 0 saturated carbocycles. The average Bonchev–Trinajstić information content (AvgIpc) is 2.71. The first-order valence-corrected chi connectivity index (χ1v) is 9.16. The Morgan fingerprint density at radius 3 is 2.50 bits per heavy atom. The van der Waals surface area contributed by atoms with E-state index in [0.717, 1.165) is 17.9 Å². The molecule has 0 atom stereocenters. The van der Waals surface area contributed by atoms with Crippen LogP contribution in [0.5, 0.6) is 11.5 Å². The molecule has 0 spiro atoms. The lowest BCUT2D eigenvalue weighted by Gasteiger charge is -2.16. The normalized spacial score (nSPS) is 10.9. The highest BCUT2D eigenvalue weighted by atomic mass is 19.4. The van der Waals surface area contributed by atoms with Gasteiger partial charge in [-0.05, 0) is 49.5 Å². The van der Waals surface area contributed by atoms with Crippen molar-refractivity contribution in [3.8, 4) is 23.3 Å². The van der Waals surface area contributed by atoms with Gasteiger partial charge in [0.2, 0.25) is 5.91 Å². The number of likely N-dealkylation sites (N-methyl/N-ethyl adjacent to an activating group) is 1. The Bertz CT molecular complexity index is 887. The Morgan fingerprint density at radius 1 is 1.13 bits per heavy atom. The number of benzene rings is 2. The third-order valence-electron chi connectivity index (χ3n) is 4.01. The molecule has 0 saturated heterocycles. The van der Waals surface area contributed by atoms with Gasteiger partial charge in [0.15, 0.2) is 0 Å². The molecule has 5 nitrogen and oxygen atoms in total. The van der Waals surface area contributed by atoms with Crippen molar-refractivity contribution in [2.45, 2.75) is 6.18 Å². The van der Waals surface area contributed by atoms with Crippen molar-refractivity contribution in [1.82, 2.24) is 10.2 Å². The molecule has 30 heavy (non-hydrogen) atoms. The number of methoxy groups -OCH3 is 1. The Balaban J connectivity index is 1.69. The molecule has 0 bridgehead atoms. The summed E-state index contributed by atoms with van der Waals surface area (Å²) in [5.74, 6) is 6.49. The maximum absolute atomic E-state index is 12.7. The Kier molecular flexibility index (Phi) is 8.56. The van der Waals surface area contributed by atoms with E-state index in [4.69, 9.17) is 9.47 Å². The van der Waals surface area contributed by atoms with Crippen molar-refractivity contribution in [3.05, 3.63) is 59.7 Å². The lowest BCUT2D eigenvalue weighted by Crippen LogP contribution is -2.37. The molecule has 2 aromatic carbocycles. The van der Waals surface area contributed by atoms with Gasteiger partial charge < -0.3 is 14.8 Å². The first kappa shape index (κ1) is 23.1. The number of amides is 1. The topological polar surface area (TPSA) is 50.8 Å². The first-order chi connectivity index (χ1) is 14.3. The number of hydrogen-bond acceptors (Lipinski definition) is 4. The number of nitrogens with one attached hydrogen (secondary N) is 1. The van der Waals surface area contributed by atoms with E-state index in [1.54, 1.807) is 43.3 Å². The predicted molar refractivity (Wildman–Crippen MR) is 107 cm³/mol. The summed E-state index contributed by atoms with van der Waals surface area (Å²) in [7, 11) is 3.37. The third kappa shape index (κ3) is 8.05. The number of halogens is 3. The fourth-order valence-corrected chi connectivity index (χ4v) is 2.43. The molecule has 0 aliphatic carbocycles. The number of ether oxygens (including phenoxy) is 2. The molecule has 160 valence electrons. The van der Waals surface area contributed by atoms with E-state index in [-0.39, 0.29) is 24.6 Å². The van der Waals surface area contributed by atoms with E-state index in [1.807, 2.05) is 0 Å². The number of rotatable bonds is 8. The highest BCUT2D eigenvalue weighted by molar-refractivity contribution is 5.78. The van der Waals surface area contributed by atoms with E-state index in [9.17, 15) is 18.0 Å². The molecule has 1 amide bonds. The standard InChI is InChI=1S/C22H23F3N2O3/c1-27(13-14-30-20-10-8-19(29-2)9-11-20)16-21(28)26-12-4-6-17-5-3-7-18(15-17)22(23,24)25/h3,5,7-11,15H,12-14,16H2,1-2H3,(H,26,28). The Morgan fingerprint density at radius 2 is 1.83 bits per heavy atom. The van der Waals surface area contributed by atoms with Gasteiger partial charge in [-0.1, -0.05) is 17.9 Å². The molecule has 0 fully saturated rings. The van der Waals surface area contributed by atoms with Gasteiger partial charge in [-0.3, -0.25) is 9.69 Å². The molecule has 0 aliphatic rings. The Hall–Kier alpha value is -3.18. The number of nitrogens with zero attached hydrogens (tertiary/aromatic N) is 1. The zero-order valence-corrected chi connectivity index (χ0v) is 16.8. The zero-order valence-electron chi connectivity index (χ0n) is 16.8. The fourth-order valence-electron chi connectivity index (χ4n) is 2.43. The molecular formula is C22H23F3N2O3. The SMILES string of the molecule is COc1ccc(OCCN(C)CC(=O)NCC#Cc2cccc(C(F)(F)F)c2)cc1. The van der Waals surface area contributed by atoms with Crippen LogP contribution in [0.2, 0.25) is 0 Å². The second-order valence-electron chi connectivity index (χ2n) is 6.42. The molecule has 0 aromatic heterocycles. The van der Waals surface area contributed by atoms with E-state index in [2.05, 4.69) is 17.2 Å². The van der Waals surface area contributed by atoms with Crippen LogP contribution in [0.3, 0.4) is 0 Å². The minimum absolute atomic E-state index is 0.0469. The monoisotopic (exact) mass is 420 g/mol. The summed E-state index contributed by atoms with van der Waals surface area (Å²) in [6, 6.07) is 11.9. The van der Waals surface area contributed by atoms with Crippen LogP contribution in [-0.4, -0.2) is 51.2 Å². The van der Waals surface area contributed by atoms with Crippen LogP contribution in [-0.2, 0) is 11.0 Å². The fraction of sp³-hybridized carbons (Fsp3) is 0.318. The lowest BCUT2D eigenvalue weighted by atomic mass is 10.1. The van der Waals surface area contributed by atoms with Gasteiger partial charge in [0.1, 0.15) is 18.1 Å². The van der Waals surface area contributed by atoms with Gasteiger partial charge in [-0.15, -0.1) is 0 Å². The van der Waals surface area contributed by atoms with Crippen molar-refractivity contribution in [2.75, 3.05) is 40.4 Å². The molecule has 0 unspecified atom stereocenters. The molecule has 0 aliphatic heterocycles. The van der Waals surface area contributed by atoms with Crippen molar-refractivity contribution >= 4 is 5.91 Å². The highest BCUT2D eigenvalue weighted by Crippen LogP contribution is 2.29.